The molecule has 7 heteroatoms. The molecule has 0 aliphatic rings. The van der Waals surface area contributed by atoms with E-state index in [1.54, 1.807) is 19.1 Å². The lowest BCUT2D eigenvalue weighted by Gasteiger charge is -2.08. The van der Waals surface area contributed by atoms with Crippen molar-refractivity contribution in [1.29, 1.82) is 0 Å². The Morgan fingerprint density at radius 2 is 1.95 bits per heavy atom. The SMILES string of the molecule is Cc1cccc([N+](=O)[O-])c1NC(=O)CSc1ccc(Br)cc1. The van der Waals surface area contributed by atoms with Crippen LogP contribution in [0.15, 0.2) is 51.8 Å². The molecule has 0 aromatic heterocycles. The Balaban J connectivity index is 2.03. The lowest BCUT2D eigenvalue weighted by molar-refractivity contribution is -0.384. The molecule has 2 rings (SSSR count). The van der Waals surface area contributed by atoms with Gasteiger partial charge in [-0.05, 0) is 36.8 Å². The summed E-state index contributed by atoms with van der Waals surface area (Å²) >= 11 is 4.72. The first-order chi connectivity index (χ1) is 10.5. The molecule has 2 aromatic carbocycles. The molecule has 0 unspecified atom stereocenters. The number of nitrogens with one attached hydrogen (secondary N) is 1. The first-order valence-electron chi connectivity index (χ1n) is 6.39. The van der Waals surface area contributed by atoms with Crippen LogP contribution in [0.3, 0.4) is 0 Å². The van der Waals surface area contributed by atoms with E-state index in [0.29, 0.717) is 5.56 Å². The van der Waals surface area contributed by atoms with E-state index in [9.17, 15) is 14.9 Å². The van der Waals surface area contributed by atoms with Crippen molar-refractivity contribution < 1.29 is 9.72 Å². The number of nitro benzene ring substituents is 1. The molecule has 114 valence electrons. The number of carbonyl (C=O) groups is 1. The third kappa shape index (κ3) is 4.32. The fourth-order valence-corrected chi connectivity index (χ4v) is 2.79. The summed E-state index contributed by atoms with van der Waals surface area (Å²) in [5.41, 5.74) is 0.826. The van der Waals surface area contributed by atoms with Crippen LogP contribution in [-0.2, 0) is 4.79 Å². The summed E-state index contributed by atoms with van der Waals surface area (Å²) in [5, 5.41) is 13.6. The van der Waals surface area contributed by atoms with Gasteiger partial charge < -0.3 is 5.32 Å². The third-order valence-corrected chi connectivity index (χ3v) is 4.44. The molecule has 0 atom stereocenters. The summed E-state index contributed by atoms with van der Waals surface area (Å²) in [7, 11) is 0. The van der Waals surface area contributed by atoms with Crippen LogP contribution in [0.4, 0.5) is 11.4 Å². The molecule has 0 aliphatic heterocycles. The molecular weight excluding hydrogens is 368 g/mol. The molecule has 0 saturated carbocycles. The largest absolute Gasteiger partial charge is 0.319 e. The van der Waals surface area contributed by atoms with Crippen LogP contribution in [0.5, 0.6) is 0 Å². The number of nitro groups is 1. The fourth-order valence-electron chi connectivity index (χ4n) is 1.82. The Hall–Kier alpha value is -1.86. The highest BCUT2D eigenvalue weighted by molar-refractivity contribution is 9.10. The molecule has 0 saturated heterocycles. The maximum atomic E-state index is 12.0. The second-order valence-electron chi connectivity index (χ2n) is 4.52. The van der Waals surface area contributed by atoms with Crippen molar-refractivity contribution in [2.45, 2.75) is 11.8 Å². The summed E-state index contributed by atoms with van der Waals surface area (Å²) in [4.78, 5) is 23.5. The van der Waals surface area contributed by atoms with Crippen LogP contribution in [0.2, 0.25) is 0 Å². The second kappa shape index (κ2) is 7.42. The Morgan fingerprint density at radius 3 is 2.59 bits per heavy atom. The van der Waals surface area contributed by atoms with Gasteiger partial charge in [0.2, 0.25) is 5.91 Å². The van der Waals surface area contributed by atoms with Gasteiger partial charge in [0.15, 0.2) is 0 Å². The molecule has 5 nitrogen and oxygen atoms in total. The van der Waals surface area contributed by atoms with Crippen molar-refractivity contribution in [3.8, 4) is 0 Å². The summed E-state index contributed by atoms with van der Waals surface area (Å²) in [5.74, 6) is -0.0852. The van der Waals surface area contributed by atoms with Gasteiger partial charge in [0.05, 0.1) is 10.7 Å². The molecular formula is C15H13BrN2O3S. The number of carbonyl (C=O) groups excluding carboxylic acids is 1. The average Bonchev–Trinajstić information content (AvgIpc) is 2.48. The Labute approximate surface area is 140 Å². The molecule has 1 amide bonds. The first kappa shape index (κ1) is 16.5. The zero-order valence-electron chi connectivity index (χ0n) is 11.7. The number of nitrogens with zero attached hydrogens (tertiary/aromatic N) is 1. The van der Waals surface area contributed by atoms with E-state index < -0.39 is 4.92 Å². The van der Waals surface area contributed by atoms with Crippen molar-refractivity contribution in [3.05, 3.63) is 62.6 Å². The maximum Gasteiger partial charge on any atom is 0.293 e. The smallest absolute Gasteiger partial charge is 0.293 e. The first-order valence-corrected chi connectivity index (χ1v) is 8.17. The van der Waals surface area contributed by atoms with Gasteiger partial charge in [0.1, 0.15) is 5.69 Å². The van der Waals surface area contributed by atoms with Crippen molar-refractivity contribution in [3.63, 3.8) is 0 Å². The number of anilines is 1. The van der Waals surface area contributed by atoms with Gasteiger partial charge in [0, 0.05) is 15.4 Å². The zero-order chi connectivity index (χ0) is 16.1. The number of thioether (sulfide) groups is 1. The van der Waals surface area contributed by atoms with Crippen LogP contribution in [0.25, 0.3) is 0 Å². The number of hydrogen-bond acceptors (Lipinski definition) is 4. The van der Waals surface area contributed by atoms with Gasteiger partial charge in [-0.15, -0.1) is 11.8 Å². The van der Waals surface area contributed by atoms with Crippen molar-refractivity contribution in [2.24, 2.45) is 0 Å². The number of para-hydroxylation sites is 1. The highest BCUT2D eigenvalue weighted by Gasteiger charge is 2.17. The van der Waals surface area contributed by atoms with E-state index in [1.165, 1.54) is 17.8 Å². The highest BCUT2D eigenvalue weighted by atomic mass is 79.9. The van der Waals surface area contributed by atoms with Gasteiger partial charge in [-0.2, -0.15) is 0 Å². The fraction of sp³-hybridized carbons (Fsp3) is 0.133. The van der Waals surface area contributed by atoms with Crippen LogP contribution >= 0.6 is 27.7 Å². The number of rotatable bonds is 5. The van der Waals surface area contributed by atoms with E-state index >= 15 is 0 Å². The number of hydrogen-bond donors (Lipinski definition) is 1. The summed E-state index contributed by atoms with van der Waals surface area (Å²) in [6.45, 7) is 1.73. The summed E-state index contributed by atoms with van der Waals surface area (Å²) < 4.78 is 0.969. The quantitative estimate of drug-likeness (QED) is 0.474. The topological polar surface area (TPSA) is 72.2 Å². The third-order valence-electron chi connectivity index (χ3n) is 2.90. The Bertz CT molecular complexity index is 704. The molecule has 0 heterocycles. The lowest BCUT2D eigenvalue weighted by Crippen LogP contribution is -2.16. The van der Waals surface area contributed by atoms with Gasteiger partial charge in [-0.25, -0.2) is 0 Å². The van der Waals surface area contributed by atoms with Crippen molar-refractivity contribution in [2.75, 3.05) is 11.1 Å². The average molecular weight is 381 g/mol. The van der Waals surface area contributed by atoms with Crippen molar-refractivity contribution >= 4 is 45.0 Å². The summed E-state index contributed by atoms with van der Waals surface area (Å²) in [6.07, 6.45) is 0. The number of amides is 1. The monoisotopic (exact) mass is 380 g/mol. The molecule has 0 fully saturated rings. The van der Waals surface area contributed by atoms with E-state index in [0.717, 1.165) is 9.37 Å². The number of halogens is 1. The van der Waals surface area contributed by atoms with Gasteiger partial charge in [-0.1, -0.05) is 28.1 Å². The number of aryl methyl sites for hydroxylation is 1. The Kier molecular flexibility index (Phi) is 5.57. The van der Waals surface area contributed by atoms with E-state index in [1.807, 2.05) is 24.3 Å². The minimum atomic E-state index is -0.496. The maximum absolute atomic E-state index is 12.0. The van der Waals surface area contributed by atoms with Crippen LogP contribution in [-0.4, -0.2) is 16.6 Å². The molecule has 0 radical (unpaired) electrons. The predicted molar refractivity (Wildman–Crippen MR) is 91.3 cm³/mol. The minimum absolute atomic E-state index is 0.0954. The minimum Gasteiger partial charge on any atom is -0.319 e. The number of benzene rings is 2. The normalized spacial score (nSPS) is 10.3. The molecule has 0 spiro atoms. The van der Waals surface area contributed by atoms with E-state index in [-0.39, 0.29) is 23.0 Å². The van der Waals surface area contributed by atoms with Gasteiger partial charge in [-0.3, -0.25) is 14.9 Å². The van der Waals surface area contributed by atoms with Gasteiger partial charge >= 0.3 is 0 Å². The van der Waals surface area contributed by atoms with Crippen molar-refractivity contribution in [1.82, 2.24) is 0 Å². The van der Waals surface area contributed by atoms with Crippen LogP contribution < -0.4 is 5.32 Å². The highest BCUT2D eigenvalue weighted by Crippen LogP contribution is 2.28. The molecule has 22 heavy (non-hydrogen) atoms. The molecule has 0 bridgehead atoms. The standard InChI is InChI=1S/C15H13BrN2O3S/c1-10-3-2-4-13(18(20)21)15(10)17-14(19)9-22-12-7-5-11(16)6-8-12/h2-8H,9H2,1H3,(H,17,19). The summed E-state index contributed by atoms with van der Waals surface area (Å²) in [6, 6.07) is 12.3. The molecule has 1 N–H and O–H groups in total. The molecule has 0 aliphatic carbocycles. The van der Waals surface area contributed by atoms with E-state index in [4.69, 9.17) is 0 Å². The van der Waals surface area contributed by atoms with Gasteiger partial charge in [0.25, 0.3) is 5.69 Å². The van der Waals surface area contributed by atoms with E-state index in [2.05, 4.69) is 21.2 Å². The lowest BCUT2D eigenvalue weighted by atomic mass is 10.1. The zero-order valence-corrected chi connectivity index (χ0v) is 14.1. The second-order valence-corrected chi connectivity index (χ2v) is 6.48. The Morgan fingerprint density at radius 1 is 1.27 bits per heavy atom. The van der Waals surface area contributed by atoms with Crippen LogP contribution in [0, 0.1) is 17.0 Å². The molecule has 2 aromatic rings. The van der Waals surface area contributed by atoms with Crippen LogP contribution in [0.1, 0.15) is 5.56 Å². The predicted octanol–water partition coefficient (Wildman–Crippen LogP) is 4.40.